The summed E-state index contributed by atoms with van der Waals surface area (Å²) in [7, 11) is 0. The van der Waals surface area contributed by atoms with Gasteiger partial charge >= 0.3 is 5.97 Å². The lowest BCUT2D eigenvalue weighted by molar-refractivity contribution is -0.324. The number of allylic oxidation sites excluding steroid dienone is 3. The minimum Gasteiger partial charge on any atom is -0.426 e. The van der Waals surface area contributed by atoms with Crippen molar-refractivity contribution >= 4 is 5.97 Å². The minimum atomic E-state index is -2.13. The second-order valence-electron chi connectivity index (χ2n) is 13.3. The third kappa shape index (κ3) is 4.05. The first-order valence-corrected chi connectivity index (χ1v) is 13.9. The topological polar surface area (TPSA) is 87.0 Å². The van der Waals surface area contributed by atoms with Crippen LogP contribution >= 0.6 is 0 Å². The van der Waals surface area contributed by atoms with E-state index in [0.717, 1.165) is 25.7 Å². The van der Waals surface area contributed by atoms with Gasteiger partial charge in [0.1, 0.15) is 5.60 Å². The predicted octanol–water partition coefficient (Wildman–Crippen LogP) is 5.39. The molecule has 0 heterocycles. The second kappa shape index (κ2) is 8.99. The average Bonchev–Trinajstić information content (AvgIpc) is 3.11. The molecule has 0 aliphatic heterocycles. The highest BCUT2D eigenvalue weighted by Crippen LogP contribution is 2.69. The van der Waals surface area contributed by atoms with Crippen molar-refractivity contribution in [3.05, 3.63) is 23.8 Å². The van der Waals surface area contributed by atoms with E-state index < -0.39 is 28.9 Å². The standard InChI is InChI=1S/C30H48O5/c1-18(2)19(3)8-9-20(4)24-10-11-25-23-17-30(34,35-21(5)31)29(33)16-22(32)12-15-28(29,7)26(23)13-14-27(24,25)6/h8-9,17-20,22,24-26,32-34H,10-16H2,1-7H3/t19-,20+,22-,24+,25-,26-,27+,28+,29+,30-/m0/s1. The van der Waals surface area contributed by atoms with Gasteiger partial charge in [0, 0.05) is 18.8 Å². The van der Waals surface area contributed by atoms with Gasteiger partial charge in [-0.25, -0.2) is 0 Å². The van der Waals surface area contributed by atoms with E-state index in [1.54, 1.807) is 6.08 Å². The summed E-state index contributed by atoms with van der Waals surface area (Å²) in [6, 6.07) is 0. The quantitative estimate of drug-likeness (QED) is 0.274. The van der Waals surface area contributed by atoms with Crippen LogP contribution in [0.3, 0.4) is 0 Å². The van der Waals surface area contributed by atoms with E-state index in [1.165, 1.54) is 12.5 Å². The first-order chi connectivity index (χ1) is 16.2. The molecule has 3 fully saturated rings. The lowest BCUT2D eigenvalue weighted by Crippen LogP contribution is -2.72. The van der Waals surface area contributed by atoms with Crippen molar-refractivity contribution in [2.45, 2.75) is 111 Å². The summed E-state index contributed by atoms with van der Waals surface area (Å²) in [5.41, 5.74) is -1.12. The molecule has 0 aromatic carbocycles. The van der Waals surface area contributed by atoms with Gasteiger partial charge in [0.2, 0.25) is 0 Å². The Hall–Kier alpha value is -1.17. The highest BCUT2D eigenvalue weighted by atomic mass is 16.7. The molecular weight excluding hydrogens is 440 g/mol. The molecule has 0 unspecified atom stereocenters. The van der Waals surface area contributed by atoms with E-state index in [9.17, 15) is 20.1 Å². The Labute approximate surface area is 212 Å². The minimum absolute atomic E-state index is 0.00792. The molecule has 0 aromatic rings. The number of ether oxygens (including phenoxy) is 1. The molecule has 0 aromatic heterocycles. The van der Waals surface area contributed by atoms with Crippen LogP contribution in [-0.2, 0) is 9.53 Å². The molecule has 4 aliphatic carbocycles. The van der Waals surface area contributed by atoms with Crippen molar-refractivity contribution in [2.75, 3.05) is 0 Å². The summed E-state index contributed by atoms with van der Waals surface area (Å²) in [5.74, 6) is -0.155. The van der Waals surface area contributed by atoms with Crippen molar-refractivity contribution in [2.24, 2.45) is 46.3 Å². The number of aliphatic hydroxyl groups is 3. The van der Waals surface area contributed by atoms with Crippen LogP contribution in [0.1, 0.15) is 93.4 Å². The maximum atomic E-state index is 12.1. The number of fused-ring (bicyclic) bond motifs is 5. The molecule has 3 N–H and O–H groups in total. The summed E-state index contributed by atoms with van der Waals surface area (Å²) in [4.78, 5) is 12.1. The molecule has 198 valence electrons. The molecule has 4 aliphatic rings. The van der Waals surface area contributed by atoms with Crippen molar-refractivity contribution < 1.29 is 24.9 Å². The molecule has 0 amide bonds. The van der Waals surface area contributed by atoms with Crippen LogP contribution in [0.4, 0.5) is 0 Å². The van der Waals surface area contributed by atoms with Gasteiger partial charge in [-0.15, -0.1) is 0 Å². The SMILES string of the molecule is CC(=O)O[C@@]1(O)C=C2[C@@H]3CC[C@H]([C@H](C)C=C[C@H](C)C(C)C)[C@@]3(C)CC[C@@H]2[C@@]2(C)CC[C@H](O)C[C@]12O. The number of esters is 1. The summed E-state index contributed by atoms with van der Waals surface area (Å²) >= 11 is 0. The number of hydrogen-bond acceptors (Lipinski definition) is 5. The van der Waals surface area contributed by atoms with E-state index in [4.69, 9.17) is 4.74 Å². The Morgan fingerprint density at radius 2 is 1.71 bits per heavy atom. The van der Waals surface area contributed by atoms with Gasteiger partial charge in [0.25, 0.3) is 5.79 Å². The summed E-state index contributed by atoms with van der Waals surface area (Å²) in [6.45, 7) is 14.9. The Kier molecular flexibility index (Phi) is 6.90. The Balaban J connectivity index is 1.72. The average molecular weight is 489 g/mol. The fourth-order valence-electron chi connectivity index (χ4n) is 8.54. The zero-order valence-electron chi connectivity index (χ0n) is 22.9. The monoisotopic (exact) mass is 488 g/mol. The van der Waals surface area contributed by atoms with Gasteiger partial charge < -0.3 is 20.1 Å². The van der Waals surface area contributed by atoms with E-state index >= 15 is 0 Å². The van der Waals surface area contributed by atoms with Crippen molar-refractivity contribution in [3.8, 4) is 0 Å². The fourth-order valence-corrected chi connectivity index (χ4v) is 8.54. The Bertz CT molecular complexity index is 893. The van der Waals surface area contributed by atoms with Crippen LogP contribution in [-0.4, -0.2) is 38.8 Å². The first-order valence-electron chi connectivity index (χ1n) is 13.9. The summed E-state index contributed by atoms with van der Waals surface area (Å²) in [6.07, 6.45) is 11.2. The molecule has 5 nitrogen and oxygen atoms in total. The lowest BCUT2D eigenvalue weighted by atomic mass is 9.45. The maximum absolute atomic E-state index is 12.1. The number of carbonyl (C=O) groups is 1. The number of hydrogen-bond donors (Lipinski definition) is 3. The zero-order chi connectivity index (χ0) is 26.0. The van der Waals surface area contributed by atoms with Crippen LogP contribution < -0.4 is 0 Å². The van der Waals surface area contributed by atoms with Gasteiger partial charge in [0.15, 0.2) is 0 Å². The number of carbonyl (C=O) groups excluding carboxylic acids is 1. The third-order valence-electron chi connectivity index (χ3n) is 11.1. The van der Waals surface area contributed by atoms with Crippen LogP contribution in [0.2, 0.25) is 0 Å². The largest absolute Gasteiger partial charge is 0.426 e. The lowest BCUT2D eigenvalue weighted by Gasteiger charge is -2.64. The molecule has 4 rings (SSSR count). The number of rotatable bonds is 5. The van der Waals surface area contributed by atoms with Gasteiger partial charge in [0.05, 0.1) is 6.10 Å². The highest BCUT2D eigenvalue weighted by Gasteiger charge is 2.71. The van der Waals surface area contributed by atoms with Crippen LogP contribution in [0.25, 0.3) is 0 Å². The second-order valence-corrected chi connectivity index (χ2v) is 13.3. The van der Waals surface area contributed by atoms with E-state index in [1.807, 2.05) is 6.92 Å². The smallest absolute Gasteiger partial charge is 0.305 e. The zero-order valence-corrected chi connectivity index (χ0v) is 22.9. The van der Waals surface area contributed by atoms with Crippen LogP contribution in [0.5, 0.6) is 0 Å². The summed E-state index contributed by atoms with van der Waals surface area (Å²) in [5, 5.41) is 34.3. The van der Waals surface area contributed by atoms with Gasteiger partial charge in [-0.05, 0) is 85.5 Å². The van der Waals surface area contributed by atoms with E-state index in [0.29, 0.717) is 42.4 Å². The normalized spacial score (nSPS) is 47.0. The van der Waals surface area contributed by atoms with Crippen molar-refractivity contribution in [1.29, 1.82) is 0 Å². The molecular formula is C30H48O5. The molecule has 0 spiro atoms. The molecule has 0 saturated heterocycles. The molecule has 0 bridgehead atoms. The molecule has 3 saturated carbocycles. The van der Waals surface area contributed by atoms with Gasteiger partial charge in [-0.1, -0.05) is 59.3 Å². The van der Waals surface area contributed by atoms with Gasteiger partial charge in [-0.2, -0.15) is 0 Å². The van der Waals surface area contributed by atoms with Crippen molar-refractivity contribution in [1.82, 2.24) is 0 Å². The van der Waals surface area contributed by atoms with Crippen LogP contribution in [0, 0.1) is 46.3 Å². The first kappa shape index (κ1) is 26.9. The Morgan fingerprint density at radius 3 is 2.34 bits per heavy atom. The van der Waals surface area contributed by atoms with E-state index in [2.05, 4.69) is 46.8 Å². The van der Waals surface area contributed by atoms with Crippen LogP contribution in [0.15, 0.2) is 23.8 Å². The molecule has 35 heavy (non-hydrogen) atoms. The number of aliphatic hydroxyl groups excluding tert-OH is 1. The van der Waals surface area contributed by atoms with Crippen molar-refractivity contribution in [3.63, 3.8) is 0 Å². The molecule has 0 radical (unpaired) electrons. The fraction of sp³-hybridized carbons (Fsp3) is 0.833. The third-order valence-corrected chi connectivity index (χ3v) is 11.1. The van der Waals surface area contributed by atoms with E-state index in [-0.39, 0.29) is 17.8 Å². The predicted molar refractivity (Wildman–Crippen MR) is 137 cm³/mol. The highest BCUT2D eigenvalue weighted by molar-refractivity contribution is 5.67. The maximum Gasteiger partial charge on any atom is 0.305 e. The van der Waals surface area contributed by atoms with Gasteiger partial charge in [-0.3, -0.25) is 4.79 Å². The molecule has 10 atom stereocenters. The summed E-state index contributed by atoms with van der Waals surface area (Å²) < 4.78 is 5.52. The molecule has 5 heteroatoms. The Morgan fingerprint density at radius 1 is 1.03 bits per heavy atom.